The van der Waals surface area contributed by atoms with Gasteiger partial charge in [-0.05, 0) is 74.2 Å². The second kappa shape index (κ2) is 9.98. The van der Waals surface area contributed by atoms with Crippen LogP contribution in [0.15, 0.2) is 53.6 Å². The molecule has 0 radical (unpaired) electrons. The molecule has 4 rings (SSSR count). The largest absolute Gasteiger partial charge is 0.497 e. The highest BCUT2D eigenvalue weighted by Gasteiger charge is 2.39. The van der Waals surface area contributed by atoms with E-state index in [0.29, 0.717) is 40.9 Å². The standard InChI is InChI=1S/C26H31N5O5S.H2/c1-16-13-26(2,3)31(14-16)24-20(25(33)30-37(34,35)22-6-5-11-28-23(22)27)9-10-21(29-24)19-8-7-18(36-4)12-17(19)15-32;/h5-12,16,32H,13-15H2,1-4H3,(H2,27,28)(H,30,33);1H/t16-;/m0./s1. The summed E-state index contributed by atoms with van der Waals surface area (Å²) in [5, 5.41) is 9.96. The molecule has 37 heavy (non-hydrogen) atoms. The number of amides is 1. The predicted molar refractivity (Wildman–Crippen MR) is 143 cm³/mol. The molecule has 0 saturated carbocycles. The van der Waals surface area contributed by atoms with E-state index in [1.165, 1.54) is 18.3 Å². The van der Waals surface area contributed by atoms with Crippen molar-refractivity contribution in [3.8, 4) is 17.0 Å². The fourth-order valence-electron chi connectivity index (χ4n) is 4.88. The summed E-state index contributed by atoms with van der Waals surface area (Å²) in [5.74, 6) is 0.257. The minimum Gasteiger partial charge on any atom is -0.497 e. The molecule has 3 aromatic rings. The van der Waals surface area contributed by atoms with Gasteiger partial charge in [-0.3, -0.25) is 4.79 Å². The third kappa shape index (κ3) is 5.23. The van der Waals surface area contributed by atoms with Crippen LogP contribution in [0.3, 0.4) is 0 Å². The minimum atomic E-state index is -4.28. The van der Waals surface area contributed by atoms with Gasteiger partial charge < -0.3 is 20.5 Å². The van der Waals surface area contributed by atoms with Crippen LogP contribution >= 0.6 is 0 Å². The second-order valence-electron chi connectivity index (χ2n) is 9.80. The van der Waals surface area contributed by atoms with Crippen LogP contribution < -0.4 is 20.1 Å². The van der Waals surface area contributed by atoms with Crippen LogP contribution in [0.5, 0.6) is 5.75 Å². The first kappa shape index (κ1) is 26.4. The monoisotopic (exact) mass is 527 g/mol. The zero-order valence-corrected chi connectivity index (χ0v) is 22.0. The van der Waals surface area contributed by atoms with Crippen molar-refractivity contribution in [1.82, 2.24) is 14.7 Å². The highest BCUT2D eigenvalue weighted by molar-refractivity contribution is 7.90. The molecule has 2 aromatic heterocycles. The van der Waals surface area contributed by atoms with E-state index >= 15 is 0 Å². The summed E-state index contributed by atoms with van der Waals surface area (Å²) in [7, 11) is -2.73. The molecule has 4 N–H and O–H groups in total. The van der Waals surface area contributed by atoms with Crippen LogP contribution in [0.2, 0.25) is 0 Å². The Labute approximate surface area is 218 Å². The van der Waals surface area contributed by atoms with Crippen molar-refractivity contribution in [2.45, 2.75) is 44.2 Å². The average Bonchev–Trinajstić information content (AvgIpc) is 3.14. The van der Waals surface area contributed by atoms with E-state index in [9.17, 15) is 18.3 Å². The van der Waals surface area contributed by atoms with Crippen LogP contribution in [0, 0.1) is 5.92 Å². The molecule has 10 nitrogen and oxygen atoms in total. The lowest BCUT2D eigenvalue weighted by atomic mass is 9.97. The Kier molecular flexibility index (Phi) is 7.11. The Bertz CT molecular complexity index is 1450. The third-order valence-corrected chi connectivity index (χ3v) is 7.90. The lowest BCUT2D eigenvalue weighted by Crippen LogP contribution is -2.41. The number of nitrogens with two attached hydrogens (primary N) is 1. The zero-order chi connectivity index (χ0) is 27.0. The van der Waals surface area contributed by atoms with Crippen molar-refractivity contribution in [3.63, 3.8) is 0 Å². The van der Waals surface area contributed by atoms with Crippen LogP contribution in [-0.4, -0.2) is 48.6 Å². The number of hydrogen-bond donors (Lipinski definition) is 3. The van der Waals surface area contributed by atoms with E-state index in [0.717, 1.165) is 6.42 Å². The number of pyridine rings is 2. The summed E-state index contributed by atoms with van der Waals surface area (Å²) in [6.07, 6.45) is 2.24. The molecular weight excluding hydrogens is 494 g/mol. The summed E-state index contributed by atoms with van der Waals surface area (Å²) in [4.78, 5) is 23.8. The zero-order valence-electron chi connectivity index (χ0n) is 21.2. The molecule has 1 saturated heterocycles. The van der Waals surface area contributed by atoms with Gasteiger partial charge in [0, 0.05) is 25.3 Å². The SMILES string of the molecule is COc1ccc(-c2ccc(C(=O)NS(=O)(=O)c3cccnc3N)c(N3C[C@@H](C)CC3(C)C)n2)c(CO)c1.[HH]. The fourth-order valence-corrected chi connectivity index (χ4v) is 5.93. The van der Waals surface area contributed by atoms with Crippen molar-refractivity contribution < 1.29 is 24.5 Å². The van der Waals surface area contributed by atoms with Crippen LogP contribution in [0.25, 0.3) is 11.3 Å². The number of nitrogens with zero attached hydrogens (tertiary/aromatic N) is 3. The van der Waals surface area contributed by atoms with Crippen molar-refractivity contribution in [2.24, 2.45) is 5.92 Å². The highest BCUT2D eigenvalue weighted by Crippen LogP contribution is 2.39. The topological polar surface area (TPSA) is 148 Å². The summed E-state index contributed by atoms with van der Waals surface area (Å²) >= 11 is 0. The Morgan fingerprint density at radius 3 is 2.68 bits per heavy atom. The molecule has 0 aliphatic carbocycles. The molecule has 0 unspecified atom stereocenters. The molecule has 1 aromatic carbocycles. The van der Waals surface area contributed by atoms with E-state index in [-0.39, 0.29) is 29.8 Å². The van der Waals surface area contributed by atoms with Gasteiger partial charge in [0.15, 0.2) is 0 Å². The maximum absolute atomic E-state index is 13.4. The van der Waals surface area contributed by atoms with Crippen LogP contribution in [0.1, 0.15) is 44.5 Å². The lowest BCUT2D eigenvalue weighted by molar-refractivity contribution is 0.0981. The molecule has 0 bridgehead atoms. The van der Waals surface area contributed by atoms with E-state index < -0.39 is 15.9 Å². The number of sulfonamides is 1. The highest BCUT2D eigenvalue weighted by atomic mass is 32.2. The van der Waals surface area contributed by atoms with Crippen molar-refractivity contribution in [1.29, 1.82) is 0 Å². The Morgan fingerprint density at radius 1 is 1.30 bits per heavy atom. The average molecular weight is 528 g/mol. The number of nitrogen functional groups attached to an aromatic ring is 1. The maximum atomic E-state index is 13.4. The number of hydrogen-bond acceptors (Lipinski definition) is 9. The molecule has 3 heterocycles. The Balaban J connectivity index is 0.00000400. The number of methoxy groups -OCH3 is 1. The number of nitrogens with one attached hydrogen (secondary N) is 1. The molecule has 1 atom stereocenters. The summed E-state index contributed by atoms with van der Waals surface area (Å²) in [6, 6.07) is 11.2. The summed E-state index contributed by atoms with van der Waals surface area (Å²) < 4.78 is 33.3. The second-order valence-corrected chi connectivity index (χ2v) is 11.5. The van der Waals surface area contributed by atoms with Crippen LogP contribution in [0.4, 0.5) is 11.6 Å². The normalized spacial score (nSPS) is 17.0. The smallest absolute Gasteiger partial charge is 0.268 e. The molecule has 0 spiro atoms. The first-order chi connectivity index (χ1) is 17.5. The van der Waals surface area contributed by atoms with E-state index in [4.69, 9.17) is 15.5 Å². The summed E-state index contributed by atoms with van der Waals surface area (Å²) in [5.41, 5.74) is 7.35. The van der Waals surface area contributed by atoms with Gasteiger partial charge in [0.2, 0.25) is 0 Å². The number of aromatic nitrogens is 2. The molecule has 1 aliphatic rings. The number of ether oxygens (including phenoxy) is 1. The molecule has 11 heteroatoms. The van der Waals surface area contributed by atoms with Crippen molar-refractivity contribution in [2.75, 3.05) is 24.3 Å². The summed E-state index contributed by atoms with van der Waals surface area (Å²) in [6.45, 7) is 6.65. The molecule has 198 valence electrons. The molecule has 1 fully saturated rings. The van der Waals surface area contributed by atoms with Gasteiger partial charge >= 0.3 is 0 Å². The number of aliphatic hydroxyl groups is 1. The number of aliphatic hydroxyl groups excluding tert-OH is 1. The number of rotatable bonds is 7. The molecule has 1 amide bonds. The Hall–Kier alpha value is -3.70. The van der Waals surface area contributed by atoms with Crippen molar-refractivity contribution >= 4 is 27.6 Å². The minimum absolute atomic E-state index is 0. The predicted octanol–water partition coefficient (Wildman–Crippen LogP) is 3.22. The fraction of sp³-hybridized carbons (Fsp3) is 0.346. The number of anilines is 2. The van der Waals surface area contributed by atoms with Gasteiger partial charge in [0.25, 0.3) is 15.9 Å². The maximum Gasteiger partial charge on any atom is 0.268 e. The Morgan fingerprint density at radius 2 is 2.05 bits per heavy atom. The van der Waals surface area contributed by atoms with Crippen LogP contribution in [-0.2, 0) is 16.6 Å². The van der Waals surface area contributed by atoms with Gasteiger partial charge in [-0.1, -0.05) is 6.92 Å². The van der Waals surface area contributed by atoms with Gasteiger partial charge in [0.1, 0.15) is 22.3 Å². The van der Waals surface area contributed by atoms with Gasteiger partial charge in [-0.2, -0.15) is 0 Å². The first-order valence-corrected chi connectivity index (χ1v) is 13.3. The van der Waals surface area contributed by atoms with E-state index in [1.807, 2.05) is 4.90 Å². The number of carbonyl (C=O) groups excluding carboxylic acids is 1. The molecular formula is C26H33N5O5S. The van der Waals surface area contributed by atoms with Gasteiger partial charge in [-0.25, -0.2) is 23.1 Å². The van der Waals surface area contributed by atoms with Gasteiger partial charge in [0.05, 0.1) is 25.0 Å². The van der Waals surface area contributed by atoms with E-state index in [1.54, 1.807) is 37.4 Å². The van der Waals surface area contributed by atoms with Gasteiger partial charge in [-0.15, -0.1) is 0 Å². The molecule has 1 aliphatic heterocycles. The quantitative estimate of drug-likeness (QED) is 0.421. The van der Waals surface area contributed by atoms with E-state index in [2.05, 4.69) is 30.5 Å². The number of benzene rings is 1. The number of carbonyl (C=O) groups is 1. The lowest BCUT2D eigenvalue weighted by Gasteiger charge is -2.34. The first-order valence-electron chi connectivity index (χ1n) is 11.8. The van der Waals surface area contributed by atoms with Crippen molar-refractivity contribution in [3.05, 3.63) is 59.8 Å². The third-order valence-electron chi connectivity index (χ3n) is 6.52.